The van der Waals surface area contributed by atoms with Gasteiger partial charge in [0, 0.05) is 16.8 Å². The first-order chi connectivity index (χ1) is 12.8. The molecule has 1 aromatic heterocycles. The second-order valence-electron chi connectivity index (χ2n) is 5.75. The molecule has 0 aliphatic carbocycles. The van der Waals surface area contributed by atoms with E-state index in [2.05, 4.69) is 15.4 Å². The number of amides is 1. The Bertz CT molecular complexity index is 1010. The summed E-state index contributed by atoms with van der Waals surface area (Å²) in [5, 5.41) is 7.08. The van der Waals surface area contributed by atoms with Crippen molar-refractivity contribution in [2.45, 2.75) is 0 Å². The Kier molecular flexibility index (Phi) is 4.26. The van der Waals surface area contributed by atoms with Gasteiger partial charge in [0.2, 0.25) is 0 Å². The Morgan fingerprint density at radius 3 is 2.31 bits per heavy atom. The zero-order valence-electron chi connectivity index (χ0n) is 13.9. The molecule has 1 N–H and O–H groups in total. The molecule has 0 bridgehead atoms. The fourth-order valence-electron chi connectivity index (χ4n) is 2.76. The van der Waals surface area contributed by atoms with Gasteiger partial charge >= 0.3 is 0 Å². The van der Waals surface area contributed by atoms with Crippen LogP contribution in [0.2, 0.25) is 0 Å². The van der Waals surface area contributed by atoms with Gasteiger partial charge < -0.3 is 5.32 Å². The maximum atomic E-state index is 12.6. The summed E-state index contributed by atoms with van der Waals surface area (Å²) in [5.74, 6) is -0.154. The third-order valence-electron chi connectivity index (χ3n) is 4.07. The molecule has 0 fully saturated rings. The third-order valence-corrected chi connectivity index (χ3v) is 4.07. The normalized spacial score (nSPS) is 10.5. The van der Waals surface area contributed by atoms with E-state index in [1.54, 1.807) is 23.1 Å². The number of carbonyl (C=O) groups excluding carboxylic acids is 1. The Morgan fingerprint density at radius 1 is 0.846 bits per heavy atom. The lowest BCUT2D eigenvalue weighted by atomic mass is 10.0. The van der Waals surface area contributed by atoms with E-state index in [0.29, 0.717) is 5.56 Å². The van der Waals surface area contributed by atoms with Crippen molar-refractivity contribution >= 4 is 11.6 Å². The van der Waals surface area contributed by atoms with E-state index in [1.165, 1.54) is 6.33 Å². The van der Waals surface area contributed by atoms with E-state index in [4.69, 9.17) is 0 Å². The van der Waals surface area contributed by atoms with Crippen molar-refractivity contribution in [1.82, 2.24) is 14.8 Å². The van der Waals surface area contributed by atoms with Crippen LogP contribution in [-0.2, 0) is 0 Å². The van der Waals surface area contributed by atoms with Gasteiger partial charge in [0.05, 0.1) is 5.69 Å². The highest BCUT2D eigenvalue weighted by Gasteiger charge is 2.10. The van der Waals surface area contributed by atoms with Crippen molar-refractivity contribution < 1.29 is 4.79 Å². The van der Waals surface area contributed by atoms with Gasteiger partial charge in [0.25, 0.3) is 5.91 Å². The van der Waals surface area contributed by atoms with Crippen molar-refractivity contribution in [3.63, 3.8) is 0 Å². The maximum absolute atomic E-state index is 12.6. The second kappa shape index (κ2) is 7.03. The Hall–Kier alpha value is -3.73. The van der Waals surface area contributed by atoms with Gasteiger partial charge in [-0.15, -0.1) is 0 Å². The van der Waals surface area contributed by atoms with E-state index in [9.17, 15) is 4.79 Å². The summed E-state index contributed by atoms with van der Waals surface area (Å²) in [4.78, 5) is 16.6. The van der Waals surface area contributed by atoms with Crippen LogP contribution in [-0.4, -0.2) is 20.7 Å². The van der Waals surface area contributed by atoms with Crippen LogP contribution in [0.4, 0.5) is 5.69 Å². The molecule has 0 aliphatic heterocycles. The third kappa shape index (κ3) is 3.23. The highest BCUT2D eigenvalue weighted by atomic mass is 16.1. The molecular weight excluding hydrogens is 324 g/mol. The minimum absolute atomic E-state index is 0.154. The van der Waals surface area contributed by atoms with Gasteiger partial charge in [-0.2, -0.15) is 5.10 Å². The lowest BCUT2D eigenvalue weighted by Gasteiger charge is -2.11. The van der Waals surface area contributed by atoms with Crippen molar-refractivity contribution in [2.75, 3.05) is 5.32 Å². The van der Waals surface area contributed by atoms with Crippen molar-refractivity contribution in [3.05, 3.63) is 97.1 Å². The Labute approximate surface area is 151 Å². The number of carbonyl (C=O) groups is 1. The summed E-state index contributed by atoms with van der Waals surface area (Å²) in [6, 6.07) is 25.0. The molecule has 1 heterocycles. The number of anilines is 1. The minimum Gasteiger partial charge on any atom is -0.321 e. The molecule has 4 rings (SSSR count). The first kappa shape index (κ1) is 15.8. The zero-order chi connectivity index (χ0) is 17.8. The minimum atomic E-state index is -0.154. The summed E-state index contributed by atoms with van der Waals surface area (Å²) in [7, 11) is 0. The van der Waals surface area contributed by atoms with Crippen LogP contribution in [0.1, 0.15) is 10.4 Å². The lowest BCUT2D eigenvalue weighted by Crippen LogP contribution is -2.12. The SMILES string of the molecule is O=C(Nc1ccccc1-c1ccccc1)c1ccc(-n2cncn2)cc1. The average Bonchev–Trinajstić information content (AvgIpc) is 3.24. The number of benzene rings is 3. The number of nitrogens with one attached hydrogen (secondary N) is 1. The Balaban J connectivity index is 1.57. The Morgan fingerprint density at radius 2 is 1.58 bits per heavy atom. The number of hydrogen-bond acceptors (Lipinski definition) is 3. The van der Waals surface area contributed by atoms with Gasteiger partial charge in [-0.1, -0.05) is 48.5 Å². The molecule has 126 valence electrons. The van der Waals surface area contributed by atoms with Crippen LogP contribution >= 0.6 is 0 Å². The van der Waals surface area contributed by atoms with E-state index in [0.717, 1.165) is 22.5 Å². The fraction of sp³-hybridized carbons (Fsp3) is 0. The quantitative estimate of drug-likeness (QED) is 0.606. The molecule has 0 atom stereocenters. The highest BCUT2D eigenvalue weighted by Crippen LogP contribution is 2.27. The van der Waals surface area contributed by atoms with Crippen molar-refractivity contribution in [3.8, 4) is 16.8 Å². The van der Waals surface area contributed by atoms with Crippen LogP contribution in [0, 0.1) is 0 Å². The van der Waals surface area contributed by atoms with Gasteiger partial charge in [-0.05, 0) is 35.9 Å². The molecule has 0 saturated heterocycles. The summed E-state index contributed by atoms with van der Waals surface area (Å²) in [5.41, 5.74) is 4.26. The molecule has 0 aliphatic rings. The van der Waals surface area contributed by atoms with E-state index < -0.39 is 0 Å². The van der Waals surface area contributed by atoms with Crippen LogP contribution in [0.5, 0.6) is 0 Å². The first-order valence-corrected chi connectivity index (χ1v) is 8.22. The van der Waals surface area contributed by atoms with Crippen molar-refractivity contribution in [2.24, 2.45) is 0 Å². The van der Waals surface area contributed by atoms with Gasteiger partial charge in [0.15, 0.2) is 0 Å². The van der Waals surface area contributed by atoms with Gasteiger partial charge in [-0.25, -0.2) is 9.67 Å². The molecule has 0 unspecified atom stereocenters. The van der Waals surface area contributed by atoms with Crippen LogP contribution in [0.3, 0.4) is 0 Å². The first-order valence-electron chi connectivity index (χ1n) is 8.22. The molecule has 1 amide bonds. The molecule has 26 heavy (non-hydrogen) atoms. The molecule has 0 saturated carbocycles. The zero-order valence-corrected chi connectivity index (χ0v) is 13.9. The van der Waals surface area contributed by atoms with Gasteiger partial charge in [-0.3, -0.25) is 4.79 Å². The van der Waals surface area contributed by atoms with Crippen LogP contribution in [0.25, 0.3) is 16.8 Å². The highest BCUT2D eigenvalue weighted by molar-refractivity contribution is 6.06. The average molecular weight is 340 g/mol. The number of hydrogen-bond donors (Lipinski definition) is 1. The molecule has 4 aromatic rings. The topological polar surface area (TPSA) is 59.8 Å². The largest absolute Gasteiger partial charge is 0.321 e. The monoisotopic (exact) mass is 340 g/mol. The van der Waals surface area contributed by atoms with Crippen LogP contribution < -0.4 is 5.32 Å². The lowest BCUT2D eigenvalue weighted by molar-refractivity contribution is 0.102. The summed E-state index contributed by atoms with van der Waals surface area (Å²) in [6.45, 7) is 0. The number of aromatic nitrogens is 3. The number of rotatable bonds is 4. The molecule has 5 nitrogen and oxygen atoms in total. The van der Waals surface area contributed by atoms with E-state index in [1.807, 2.05) is 66.7 Å². The molecule has 0 radical (unpaired) electrons. The predicted octanol–water partition coefficient (Wildman–Crippen LogP) is 4.19. The summed E-state index contributed by atoms with van der Waals surface area (Å²) >= 11 is 0. The molecule has 3 aromatic carbocycles. The summed E-state index contributed by atoms with van der Waals surface area (Å²) in [6.07, 6.45) is 3.09. The fourth-order valence-corrected chi connectivity index (χ4v) is 2.76. The smallest absolute Gasteiger partial charge is 0.255 e. The van der Waals surface area contributed by atoms with Crippen LogP contribution in [0.15, 0.2) is 91.5 Å². The van der Waals surface area contributed by atoms with E-state index in [-0.39, 0.29) is 5.91 Å². The molecule has 5 heteroatoms. The number of nitrogens with zero attached hydrogens (tertiary/aromatic N) is 3. The van der Waals surface area contributed by atoms with Crippen molar-refractivity contribution in [1.29, 1.82) is 0 Å². The predicted molar refractivity (Wildman–Crippen MR) is 101 cm³/mol. The summed E-state index contributed by atoms with van der Waals surface area (Å²) < 4.78 is 1.65. The second-order valence-corrected chi connectivity index (χ2v) is 5.75. The standard InChI is InChI=1S/C21H16N4O/c26-21(17-10-12-18(13-11-17)25-15-22-14-23-25)24-20-9-5-4-8-19(20)16-6-2-1-3-7-16/h1-15H,(H,24,26). The molecular formula is C21H16N4O. The number of para-hydroxylation sites is 1. The molecule has 0 spiro atoms. The van der Waals surface area contributed by atoms with Gasteiger partial charge in [0.1, 0.15) is 12.7 Å². The van der Waals surface area contributed by atoms with E-state index >= 15 is 0 Å². The maximum Gasteiger partial charge on any atom is 0.255 e.